The van der Waals surface area contributed by atoms with Crippen LogP contribution in [-0.4, -0.2) is 50.2 Å². The van der Waals surface area contributed by atoms with Crippen molar-refractivity contribution in [1.82, 2.24) is 5.32 Å². The second kappa shape index (κ2) is 6.35. The molecule has 2 atom stereocenters. The quantitative estimate of drug-likeness (QED) is 0.597. The first-order valence-electron chi connectivity index (χ1n) is 5.27. The van der Waals surface area contributed by atoms with Crippen molar-refractivity contribution < 1.29 is 14.6 Å². The Morgan fingerprint density at radius 1 is 1.50 bits per heavy atom. The predicted molar refractivity (Wildman–Crippen MR) is 54.3 cm³/mol. The van der Waals surface area contributed by atoms with Crippen LogP contribution in [0.15, 0.2) is 0 Å². The molecule has 0 radical (unpaired) electrons. The average molecular weight is 203 g/mol. The van der Waals surface area contributed by atoms with Gasteiger partial charge in [0.1, 0.15) is 0 Å². The molecule has 0 aromatic rings. The normalized spacial score (nSPS) is 27.4. The average Bonchev–Trinajstić information content (AvgIpc) is 2.51. The lowest BCUT2D eigenvalue weighted by Crippen LogP contribution is -2.40. The lowest BCUT2D eigenvalue weighted by Gasteiger charge is -2.14. The Bertz CT molecular complexity index is 152. The van der Waals surface area contributed by atoms with E-state index in [-0.39, 0.29) is 12.1 Å². The van der Waals surface area contributed by atoms with Crippen LogP contribution in [0.1, 0.15) is 13.8 Å². The van der Waals surface area contributed by atoms with Crippen LogP contribution in [0.3, 0.4) is 0 Å². The summed E-state index contributed by atoms with van der Waals surface area (Å²) in [6.07, 6.45) is -0.361. The smallest absolute Gasteiger partial charge is 0.0948 e. The van der Waals surface area contributed by atoms with Crippen molar-refractivity contribution >= 4 is 0 Å². The lowest BCUT2D eigenvalue weighted by molar-refractivity contribution is 0.102. The first-order chi connectivity index (χ1) is 6.70. The van der Waals surface area contributed by atoms with Gasteiger partial charge >= 0.3 is 0 Å². The summed E-state index contributed by atoms with van der Waals surface area (Å²) in [5.41, 5.74) is 0. The van der Waals surface area contributed by atoms with Crippen LogP contribution in [0.2, 0.25) is 0 Å². The fourth-order valence-electron chi connectivity index (χ4n) is 1.37. The maximum absolute atomic E-state index is 9.41. The third-order valence-electron chi connectivity index (χ3n) is 2.15. The van der Waals surface area contributed by atoms with E-state index in [0.29, 0.717) is 25.7 Å². The van der Waals surface area contributed by atoms with Crippen molar-refractivity contribution in [2.75, 3.05) is 33.0 Å². The van der Waals surface area contributed by atoms with Gasteiger partial charge in [-0.1, -0.05) is 13.8 Å². The Balaban J connectivity index is 1.93. The number of nitrogens with one attached hydrogen (secondary N) is 1. The van der Waals surface area contributed by atoms with E-state index in [0.717, 1.165) is 13.2 Å². The second-order valence-electron chi connectivity index (χ2n) is 4.13. The first-order valence-corrected chi connectivity index (χ1v) is 5.27. The summed E-state index contributed by atoms with van der Waals surface area (Å²) in [5, 5.41) is 12.6. The van der Waals surface area contributed by atoms with Gasteiger partial charge in [-0.2, -0.15) is 0 Å². The van der Waals surface area contributed by atoms with Gasteiger partial charge in [0.2, 0.25) is 0 Å². The summed E-state index contributed by atoms with van der Waals surface area (Å²) in [5.74, 6) is 0.579. The van der Waals surface area contributed by atoms with Gasteiger partial charge in [0, 0.05) is 13.2 Å². The predicted octanol–water partition coefficient (Wildman–Crippen LogP) is 0.00830. The highest BCUT2D eigenvalue weighted by Gasteiger charge is 2.24. The molecular weight excluding hydrogens is 182 g/mol. The highest BCUT2D eigenvalue weighted by atomic mass is 16.5. The largest absolute Gasteiger partial charge is 0.389 e. The Labute approximate surface area is 85.6 Å². The second-order valence-corrected chi connectivity index (χ2v) is 4.13. The van der Waals surface area contributed by atoms with E-state index in [9.17, 15) is 5.11 Å². The molecule has 0 bridgehead atoms. The third kappa shape index (κ3) is 4.37. The molecule has 0 aromatic carbocycles. The molecule has 0 aliphatic carbocycles. The highest BCUT2D eigenvalue weighted by molar-refractivity contribution is 4.80. The van der Waals surface area contributed by atoms with Crippen LogP contribution >= 0.6 is 0 Å². The molecule has 14 heavy (non-hydrogen) atoms. The van der Waals surface area contributed by atoms with Crippen molar-refractivity contribution in [3.8, 4) is 0 Å². The van der Waals surface area contributed by atoms with Crippen molar-refractivity contribution in [1.29, 1.82) is 0 Å². The fourth-order valence-corrected chi connectivity index (χ4v) is 1.37. The van der Waals surface area contributed by atoms with E-state index in [4.69, 9.17) is 9.47 Å². The zero-order valence-corrected chi connectivity index (χ0v) is 9.03. The van der Waals surface area contributed by atoms with Gasteiger partial charge in [-0.15, -0.1) is 0 Å². The molecule has 2 unspecified atom stereocenters. The molecule has 0 saturated carbocycles. The number of hydrogen-bond donors (Lipinski definition) is 2. The van der Waals surface area contributed by atoms with E-state index in [1.165, 1.54) is 0 Å². The van der Waals surface area contributed by atoms with Gasteiger partial charge in [0.25, 0.3) is 0 Å². The van der Waals surface area contributed by atoms with Crippen LogP contribution in [-0.2, 0) is 9.47 Å². The minimum absolute atomic E-state index is 0.0812. The monoisotopic (exact) mass is 203 g/mol. The van der Waals surface area contributed by atoms with E-state index in [1.807, 2.05) is 0 Å². The van der Waals surface area contributed by atoms with Gasteiger partial charge in [-0.3, -0.25) is 0 Å². The van der Waals surface area contributed by atoms with Crippen LogP contribution in [0.4, 0.5) is 0 Å². The molecule has 0 spiro atoms. The van der Waals surface area contributed by atoms with Gasteiger partial charge in [0.05, 0.1) is 32.0 Å². The minimum atomic E-state index is -0.361. The summed E-state index contributed by atoms with van der Waals surface area (Å²) in [4.78, 5) is 0. The maximum Gasteiger partial charge on any atom is 0.0948 e. The number of hydrogen-bond acceptors (Lipinski definition) is 4. The van der Waals surface area contributed by atoms with Crippen LogP contribution in [0.5, 0.6) is 0 Å². The molecule has 84 valence electrons. The van der Waals surface area contributed by atoms with Crippen molar-refractivity contribution in [2.24, 2.45) is 5.92 Å². The van der Waals surface area contributed by atoms with E-state index in [2.05, 4.69) is 19.2 Å². The summed E-state index contributed by atoms with van der Waals surface area (Å²) >= 11 is 0. The van der Waals surface area contributed by atoms with Crippen LogP contribution in [0, 0.1) is 5.92 Å². The fraction of sp³-hybridized carbons (Fsp3) is 1.00. The molecular formula is C10H21NO3. The van der Waals surface area contributed by atoms with E-state index in [1.54, 1.807) is 0 Å². The Kier molecular flexibility index (Phi) is 5.40. The lowest BCUT2D eigenvalue weighted by atomic mass is 10.2. The van der Waals surface area contributed by atoms with Gasteiger partial charge < -0.3 is 19.9 Å². The topological polar surface area (TPSA) is 50.7 Å². The molecule has 1 heterocycles. The van der Waals surface area contributed by atoms with Crippen LogP contribution < -0.4 is 5.32 Å². The molecule has 1 aliphatic heterocycles. The maximum atomic E-state index is 9.41. The summed E-state index contributed by atoms with van der Waals surface area (Å²) in [7, 11) is 0. The Morgan fingerprint density at radius 2 is 2.29 bits per heavy atom. The summed E-state index contributed by atoms with van der Waals surface area (Å²) in [6, 6.07) is 0.0812. The summed E-state index contributed by atoms with van der Waals surface area (Å²) in [6.45, 7) is 7.57. The zero-order chi connectivity index (χ0) is 10.4. The highest BCUT2D eigenvalue weighted by Crippen LogP contribution is 2.04. The number of aliphatic hydroxyl groups is 1. The number of rotatable bonds is 6. The van der Waals surface area contributed by atoms with Gasteiger partial charge in [0.15, 0.2) is 0 Å². The van der Waals surface area contributed by atoms with Crippen LogP contribution in [0.25, 0.3) is 0 Å². The standard InChI is InChI=1S/C10H21NO3/c1-8(2)5-13-4-3-11-9-6-14-7-10(9)12/h8-12H,3-7H2,1-2H3. The number of ether oxygens (including phenoxy) is 2. The molecule has 1 saturated heterocycles. The molecule has 4 nitrogen and oxygen atoms in total. The minimum Gasteiger partial charge on any atom is -0.389 e. The first kappa shape index (κ1) is 11.9. The van der Waals surface area contributed by atoms with Crippen molar-refractivity contribution in [3.63, 3.8) is 0 Å². The number of aliphatic hydroxyl groups excluding tert-OH is 1. The molecule has 0 amide bonds. The zero-order valence-electron chi connectivity index (χ0n) is 9.03. The Hall–Kier alpha value is -0.160. The molecule has 0 aromatic heterocycles. The molecule has 1 rings (SSSR count). The molecule has 2 N–H and O–H groups in total. The summed E-state index contributed by atoms with van der Waals surface area (Å²) < 4.78 is 10.5. The third-order valence-corrected chi connectivity index (χ3v) is 2.15. The van der Waals surface area contributed by atoms with E-state index < -0.39 is 0 Å². The van der Waals surface area contributed by atoms with E-state index >= 15 is 0 Å². The molecule has 4 heteroatoms. The van der Waals surface area contributed by atoms with Crippen molar-refractivity contribution in [2.45, 2.75) is 26.0 Å². The van der Waals surface area contributed by atoms with Crippen molar-refractivity contribution in [3.05, 3.63) is 0 Å². The van der Waals surface area contributed by atoms with Gasteiger partial charge in [-0.05, 0) is 5.92 Å². The SMILES string of the molecule is CC(C)COCCNC1COCC1O. The molecule has 1 fully saturated rings. The Morgan fingerprint density at radius 3 is 2.86 bits per heavy atom. The van der Waals surface area contributed by atoms with Gasteiger partial charge in [-0.25, -0.2) is 0 Å². The molecule has 1 aliphatic rings.